The molecule has 0 bridgehead atoms. The van der Waals surface area contributed by atoms with E-state index < -0.39 is 0 Å². The highest BCUT2D eigenvalue weighted by molar-refractivity contribution is 5.94. The molecule has 134 valence electrons. The van der Waals surface area contributed by atoms with Gasteiger partial charge >= 0.3 is 0 Å². The zero-order valence-corrected chi connectivity index (χ0v) is 15.3. The van der Waals surface area contributed by atoms with Crippen LogP contribution in [-0.4, -0.2) is 40.7 Å². The molecule has 2 atom stereocenters. The summed E-state index contributed by atoms with van der Waals surface area (Å²) in [5, 5.41) is 0. The normalized spacial score (nSPS) is 20.8. The molecule has 1 amide bonds. The Kier molecular flexibility index (Phi) is 4.95. The fraction of sp³-hybridized carbons (Fsp3) is 0.450. The summed E-state index contributed by atoms with van der Waals surface area (Å²) in [5.74, 6) is -0.260. The van der Waals surface area contributed by atoms with Gasteiger partial charge in [0.05, 0.1) is 18.8 Å². The lowest BCUT2D eigenvalue weighted by Gasteiger charge is -2.35. The van der Waals surface area contributed by atoms with Crippen LogP contribution in [0.4, 0.5) is 4.39 Å². The highest BCUT2D eigenvalue weighted by atomic mass is 19.1. The lowest BCUT2D eigenvalue weighted by molar-refractivity contribution is -0.0588. The highest BCUT2D eigenvalue weighted by Crippen LogP contribution is 2.22. The van der Waals surface area contributed by atoms with Crippen LogP contribution in [0.1, 0.15) is 41.2 Å². The van der Waals surface area contributed by atoms with Crippen LogP contribution in [-0.2, 0) is 11.3 Å². The number of aromatic nitrogens is 1. The van der Waals surface area contributed by atoms with Gasteiger partial charge in [0.2, 0.25) is 0 Å². The fourth-order valence-electron chi connectivity index (χ4n) is 3.63. The van der Waals surface area contributed by atoms with Crippen molar-refractivity contribution in [3.8, 4) is 0 Å². The van der Waals surface area contributed by atoms with E-state index >= 15 is 0 Å². The second-order valence-electron chi connectivity index (χ2n) is 6.96. The molecule has 1 aromatic carbocycles. The van der Waals surface area contributed by atoms with Gasteiger partial charge in [0.25, 0.3) is 5.91 Å². The maximum atomic E-state index is 14.1. The minimum Gasteiger partial charge on any atom is -0.372 e. The lowest BCUT2D eigenvalue weighted by Crippen LogP contribution is -2.48. The zero-order valence-electron chi connectivity index (χ0n) is 15.3. The van der Waals surface area contributed by atoms with Crippen molar-refractivity contribution < 1.29 is 13.9 Å². The van der Waals surface area contributed by atoms with Gasteiger partial charge in [-0.25, -0.2) is 4.39 Å². The second kappa shape index (κ2) is 7.00. The minimum absolute atomic E-state index is 0.0102. The molecular weight excluding hydrogens is 319 g/mol. The number of halogens is 1. The Morgan fingerprint density at radius 3 is 2.48 bits per heavy atom. The maximum absolute atomic E-state index is 14.1. The molecule has 0 N–H and O–H groups in total. The summed E-state index contributed by atoms with van der Waals surface area (Å²) in [7, 11) is 0. The Bertz CT molecular complexity index is 774. The average Bonchev–Trinajstić information content (AvgIpc) is 2.82. The number of carbonyl (C=O) groups is 1. The molecule has 2 heterocycles. The molecule has 1 aliphatic heterocycles. The molecule has 0 saturated carbocycles. The standard InChI is InChI=1S/C20H25FN2O2/c1-13-9-14(2)23(12-17-7-5-6-8-18(17)21)19(13)20(24)22-10-15(3)25-16(4)11-22/h5-9,15-16H,10-12H2,1-4H3. The number of hydrogen-bond acceptors (Lipinski definition) is 2. The monoisotopic (exact) mass is 344 g/mol. The van der Waals surface area contributed by atoms with Crippen LogP contribution in [0, 0.1) is 19.7 Å². The third-order valence-corrected chi connectivity index (χ3v) is 4.69. The molecule has 1 aromatic heterocycles. The smallest absolute Gasteiger partial charge is 0.270 e. The molecule has 1 fully saturated rings. The molecule has 1 aliphatic rings. The molecule has 3 rings (SSSR count). The summed E-state index contributed by atoms with van der Waals surface area (Å²) in [4.78, 5) is 15.0. The van der Waals surface area contributed by atoms with Crippen molar-refractivity contribution >= 4 is 5.91 Å². The number of morpholine rings is 1. The first-order chi connectivity index (χ1) is 11.9. The molecule has 0 radical (unpaired) electrons. The first-order valence-electron chi connectivity index (χ1n) is 8.71. The van der Waals surface area contributed by atoms with E-state index in [9.17, 15) is 9.18 Å². The van der Waals surface area contributed by atoms with Gasteiger partial charge in [0.15, 0.2) is 0 Å². The third-order valence-electron chi connectivity index (χ3n) is 4.69. The Morgan fingerprint density at radius 1 is 1.20 bits per heavy atom. The molecule has 25 heavy (non-hydrogen) atoms. The summed E-state index contributed by atoms with van der Waals surface area (Å²) in [6.07, 6.45) is 0.0353. The van der Waals surface area contributed by atoms with Gasteiger partial charge in [-0.15, -0.1) is 0 Å². The number of rotatable bonds is 3. The quantitative estimate of drug-likeness (QED) is 0.853. The largest absolute Gasteiger partial charge is 0.372 e. The molecule has 4 nitrogen and oxygen atoms in total. The summed E-state index contributed by atoms with van der Waals surface area (Å²) in [6, 6.07) is 8.69. The van der Waals surface area contributed by atoms with Crippen molar-refractivity contribution in [3.63, 3.8) is 0 Å². The topological polar surface area (TPSA) is 34.5 Å². The van der Waals surface area contributed by atoms with E-state index in [1.165, 1.54) is 6.07 Å². The van der Waals surface area contributed by atoms with Crippen molar-refractivity contribution in [1.29, 1.82) is 0 Å². The van der Waals surface area contributed by atoms with Gasteiger partial charge in [-0.2, -0.15) is 0 Å². The number of nitrogens with zero attached hydrogens (tertiary/aromatic N) is 2. The fourth-order valence-corrected chi connectivity index (χ4v) is 3.63. The van der Waals surface area contributed by atoms with E-state index in [-0.39, 0.29) is 23.9 Å². The van der Waals surface area contributed by atoms with Gasteiger partial charge in [-0.05, 0) is 45.4 Å². The Labute approximate surface area is 148 Å². The van der Waals surface area contributed by atoms with Crippen molar-refractivity contribution in [2.75, 3.05) is 13.1 Å². The van der Waals surface area contributed by atoms with Crippen LogP contribution < -0.4 is 0 Å². The van der Waals surface area contributed by atoms with E-state index in [0.29, 0.717) is 30.9 Å². The van der Waals surface area contributed by atoms with Crippen molar-refractivity contribution in [3.05, 3.63) is 58.7 Å². The van der Waals surface area contributed by atoms with Crippen LogP contribution in [0.3, 0.4) is 0 Å². The molecule has 1 saturated heterocycles. The maximum Gasteiger partial charge on any atom is 0.270 e. The third kappa shape index (κ3) is 3.61. The predicted molar refractivity (Wildman–Crippen MR) is 95.3 cm³/mol. The average molecular weight is 344 g/mol. The lowest BCUT2D eigenvalue weighted by atomic mass is 10.1. The van der Waals surface area contributed by atoms with E-state index in [2.05, 4.69) is 0 Å². The summed E-state index contributed by atoms with van der Waals surface area (Å²) >= 11 is 0. The summed E-state index contributed by atoms with van der Waals surface area (Å²) in [6.45, 7) is 9.35. The number of benzene rings is 1. The van der Waals surface area contributed by atoms with Crippen LogP contribution in [0.2, 0.25) is 0 Å². The number of ether oxygens (including phenoxy) is 1. The summed E-state index contributed by atoms with van der Waals surface area (Å²) in [5.41, 5.74) is 3.10. The van der Waals surface area contributed by atoms with E-state index in [4.69, 9.17) is 4.74 Å². The molecular formula is C20H25FN2O2. The molecule has 2 unspecified atom stereocenters. The highest BCUT2D eigenvalue weighted by Gasteiger charge is 2.29. The van der Waals surface area contributed by atoms with Crippen LogP contribution in [0.5, 0.6) is 0 Å². The van der Waals surface area contributed by atoms with Gasteiger partial charge in [0, 0.05) is 24.3 Å². The van der Waals surface area contributed by atoms with Crippen molar-refractivity contribution in [1.82, 2.24) is 9.47 Å². The van der Waals surface area contributed by atoms with E-state index in [0.717, 1.165) is 11.3 Å². The SMILES string of the molecule is Cc1cc(C)n(Cc2ccccc2F)c1C(=O)N1CC(C)OC(C)C1. The number of carbonyl (C=O) groups excluding carboxylic acids is 1. The zero-order chi connectivity index (χ0) is 18.1. The Hall–Kier alpha value is -2.14. The van der Waals surface area contributed by atoms with Crippen LogP contribution in [0.15, 0.2) is 30.3 Å². The Balaban J connectivity index is 1.94. The van der Waals surface area contributed by atoms with Crippen LogP contribution in [0.25, 0.3) is 0 Å². The molecule has 5 heteroatoms. The molecule has 2 aromatic rings. The summed E-state index contributed by atoms with van der Waals surface area (Å²) < 4.78 is 21.7. The minimum atomic E-state index is -0.250. The van der Waals surface area contributed by atoms with E-state index in [1.54, 1.807) is 12.1 Å². The van der Waals surface area contributed by atoms with E-state index in [1.807, 2.05) is 49.3 Å². The first kappa shape index (κ1) is 17.7. The first-order valence-corrected chi connectivity index (χ1v) is 8.71. The van der Waals surface area contributed by atoms with Gasteiger partial charge in [0.1, 0.15) is 11.5 Å². The molecule has 0 aliphatic carbocycles. The van der Waals surface area contributed by atoms with Gasteiger partial charge in [-0.1, -0.05) is 18.2 Å². The number of amides is 1. The molecule has 0 spiro atoms. The van der Waals surface area contributed by atoms with Gasteiger partial charge < -0.3 is 14.2 Å². The number of hydrogen-bond donors (Lipinski definition) is 0. The van der Waals surface area contributed by atoms with Gasteiger partial charge in [-0.3, -0.25) is 4.79 Å². The van der Waals surface area contributed by atoms with Crippen LogP contribution >= 0.6 is 0 Å². The number of aryl methyl sites for hydroxylation is 2. The Morgan fingerprint density at radius 2 is 1.84 bits per heavy atom. The van der Waals surface area contributed by atoms with Crippen molar-refractivity contribution in [2.45, 2.75) is 46.4 Å². The van der Waals surface area contributed by atoms with Crippen molar-refractivity contribution in [2.24, 2.45) is 0 Å². The second-order valence-corrected chi connectivity index (χ2v) is 6.96. The predicted octanol–water partition coefficient (Wildman–Crippen LogP) is 3.54.